The summed E-state index contributed by atoms with van der Waals surface area (Å²) in [6.45, 7) is 10.4. The van der Waals surface area contributed by atoms with Gasteiger partial charge in [0, 0.05) is 19.1 Å². The van der Waals surface area contributed by atoms with Gasteiger partial charge in [0.25, 0.3) is 0 Å². The van der Waals surface area contributed by atoms with E-state index < -0.39 is 0 Å². The molecule has 2 rings (SSSR count). The van der Waals surface area contributed by atoms with Crippen LogP contribution < -0.4 is 10.5 Å². The number of rotatable bonds is 6. The van der Waals surface area contributed by atoms with Crippen molar-refractivity contribution >= 4 is 0 Å². The minimum Gasteiger partial charge on any atom is -0.494 e. The van der Waals surface area contributed by atoms with Gasteiger partial charge in [-0.25, -0.2) is 0 Å². The lowest BCUT2D eigenvalue weighted by Crippen LogP contribution is -2.49. The summed E-state index contributed by atoms with van der Waals surface area (Å²) in [4.78, 5) is 2.55. The van der Waals surface area contributed by atoms with Gasteiger partial charge in [-0.1, -0.05) is 13.0 Å². The highest BCUT2D eigenvalue weighted by atomic mass is 16.5. The third-order valence-electron chi connectivity index (χ3n) is 4.81. The van der Waals surface area contributed by atoms with Crippen LogP contribution in [0.15, 0.2) is 18.2 Å². The molecule has 0 radical (unpaired) electrons. The first-order valence-corrected chi connectivity index (χ1v) is 8.26. The third-order valence-corrected chi connectivity index (χ3v) is 4.81. The topological polar surface area (TPSA) is 38.5 Å². The minimum absolute atomic E-state index is 0.556. The van der Waals surface area contributed by atoms with Crippen LogP contribution in [0.2, 0.25) is 0 Å². The van der Waals surface area contributed by atoms with Gasteiger partial charge in [-0.05, 0) is 68.8 Å². The molecular weight excluding hydrogens is 260 g/mol. The number of likely N-dealkylation sites (tertiary alicyclic amines) is 1. The molecule has 0 aliphatic carbocycles. The molecule has 0 aromatic heterocycles. The van der Waals surface area contributed by atoms with Gasteiger partial charge in [0.1, 0.15) is 5.75 Å². The third kappa shape index (κ3) is 4.45. The van der Waals surface area contributed by atoms with E-state index in [2.05, 4.69) is 43.9 Å². The predicted molar refractivity (Wildman–Crippen MR) is 88.8 cm³/mol. The lowest BCUT2D eigenvalue weighted by atomic mass is 9.91. The maximum Gasteiger partial charge on any atom is 0.119 e. The largest absolute Gasteiger partial charge is 0.494 e. The second-order valence-electron chi connectivity index (χ2n) is 6.41. The Labute approximate surface area is 129 Å². The first kappa shape index (κ1) is 16.3. The van der Waals surface area contributed by atoms with E-state index in [4.69, 9.17) is 10.5 Å². The molecule has 2 N–H and O–H groups in total. The summed E-state index contributed by atoms with van der Waals surface area (Å²) < 4.78 is 5.87. The van der Waals surface area contributed by atoms with Crippen LogP contribution in [-0.2, 0) is 0 Å². The fourth-order valence-corrected chi connectivity index (χ4v) is 3.25. The molecule has 0 bridgehead atoms. The maximum atomic E-state index is 5.94. The van der Waals surface area contributed by atoms with Crippen molar-refractivity contribution in [2.45, 2.75) is 46.1 Å². The van der Waals surface area contributed by atoms with E-state index in [0.29, 0.717) is 6.04 Å². The lowest BCUT2D eigenvalue weighted by molar-refractivity contribution is 0.0995. The first-order valence-electron chi connectivity index (χ1n) is 8.26. The van der Waals surface area contributed by atoms with Crippen LogP contribution in [0.5, 0.6) is 5.75 Å². The Morgan fingerprint density at radius 1 is 1.29 bits per heavy atom. The number of nitrogens with zero attached hydrogens (tertiary/aromatic N) is 1. The van der Waals surface area contributed by atoms with Gasteiger partial charge in [0.2, 0.25) is 0 Å². The van der Waals surface area contributed by atoms with Crippen molar-refractivity contribution < 1.29 is 4.74 Å². The summed E-state index contributed by atoms with van der Waals surface area (Å²) in [6.07, 6.45) is 3.68. The van der Waals surface area contributed by atoms with Gasteiger partial charge in [-0.3, -0.25) is 4.90 Å². The van der Waals surface area contributed by atoms with E-state index in [1.54, 1.807) is 0 Å². The zero-order valence-corrected chi connectivity index (χ0v) is 13.8. The van der Waals surface area contributed by atoms with Crippen molar-refractivity contribution in [3.05, 3.63) is 29.3 Å². The number of hydrogen-bond acceptors (Lipinski definition) is 3. The van der Waals surface area contributed by atoms with Gasteiger partial charge < -0.3 is 10.5 Å². The molecular formula is C18H30N2O. The van der Waals surface area contributed by atoms with E-state index in [-0.39, 0.29) is 0 Å². The quantitative estimate of drug-likeness (QED) is 0.818. The summed E-state index contributed by atoms with van der Waals surface area (Å²) in [5.74, 6) is 1.71. The van der Waals surface area contributed by atoms with Crippen LogP contribution in [0, 0.1) is 19.8 Å². The van der Waals surface area contributed by atoms with Gasteiger partial charge in [0.05, 0.1) is 6.61 Å². The average Bonchev–Trinajstić information content (AvgIpc) is 2.47. The number of hydrogen-bond donors (Lipinski definition) is 1. The highest BCUT2D eigenvalue weighted by molar-refractivity contribution is 5.33. The summed E-state index contributed by atoms with van der Waals surface area (Å²) in [7, 11) is 0. The molecule has 0 spiro atoms. The highest BCUT2D eigenvalue weighted by Gasteiger charge is 2.26. The molecule has 1 aliphatic rings. The van der Waals surface area contributed by atoms with Crippen LogP contribution in [0.25, 0.3) is 0 Å². The van der Waals surface area contributed by atoms with Crippen molar-refractivity contribution in [3.63, 3.8) is 0 Å². The molecule has 2 unspecified atom stereocenters. The second kappa shape index (κ2) is 7.81. The van der Waals surface area contributed by atoms with Crippen molar-refractivity contribution in [1.82, 2.24) is 4.90 Å². The minimum atomic E-state index is 0.556. The molecule has 0 amide bonds. The molecule has 2 atom stereocenters. The predicted octanol–water partition coefficient (Wildman–Crippen LogP) is 3.13. The Bertz CT molecular complexity index is 447. The fraction of sp³-hybridized carbons (Fsp3) is 0.667. The maximum absolute atomic E-state index is 5.94. The summed E-state index contributed by atoms with van der Waals surface area (Å²) in [6, 6.07) is 6.87. The van der Waals surface area contributed by atoms with Crippen molar-refractivity contribution in [1.29, 1.82) is 0 Å². The van der Waals surface area contributed by atoms with Crippen LogP contribution in [-0.4, -0.2) is 37.2 Å². The van der Waals surface area contributed by atoms with Crippen molar-refractivity contribution in [2.24, 2.45) is 11.7 Å². The number of benzene rings is 1. The van der Waals surface area contributed by atoms with Gasteiger partial charge in [-0.15, -0.1) is 0 Å². The number of aryl methyl sites for hydroxylation is 2. The Morgan fingerprint density at radius 3 is 2.81 bits per heavy atom. The molecule has 1 saturated heterocycles. The van der Waals surface area contributed by atoms with Crippen LogP contribution in [0.3, 0.4) is 0 Å². The standard InChI is InChI=1S/C18H30N2O/c1-14-7-8-17(12-16(14)3)21-11-5-10-20-9-4-6-15(2)18(20)13-19/h7-8,12,15,18H,4-6,9-11,13,19H2,1-3H3. The molecule has 1 aliphatic heterocycles. The molecule has 1 heterocycles. The number of ether oxygens (including phenoxy) is 1. The Hall–Kier alpha value is -1.06. The molecule has 118 valence electrons. The number of nitrogens with two attached hydrogens (primary N) is 1. The van der Waals surface area contributed by atoms with E-state index >= 15 is 0 Å². The highest BCUT2D eigenvalue weighted by Crippen LogP contribution is 2.22. The monoisotopic (exact) mass is 290 g/mol. The Kier molecular flexibility index (Phi) is 6.07. The molecule has 3 nitrogen and oxygen atoms in total. The Morgan fingerprint density at radius 2 is 2.10 bits per heavy atom. The average molecular weight is 290 g/mol. The smallest absolute Gasteiger partial charge is 0.119 e. The number of piperidine rings is 1. The molecule has 0 saturated carbocycles. The fourth-order valence-electron chi connectivity index (χ4n) is 3.25. The second-order valence-corrected chi connectivity index (χ2v) is 6.41. The van der Waals surface area contributed by atoms with E-state index in [1.807, 2.05) is 0 Å². The van der Waals surface area contributed by atoms with Crippen LogP contribution >= 0.6 is 0 Å². The zero-order valence-electron chi connectivity index (χ0n) is 13.8. The van der Waals surface area contributed by atoms with Crippen molar-refractivity contribution in [2.75, 3.05) is 26.2 Å². The Balaban J connectivity index is 1.74. The molecule has 1 aromatic carbocycles. The van der Waals surface area contributed by atoms with Crippen LogP contribution in [0.1, 0.15) is 37.3 Å². The summed E-state index contributed by atoms with van der Waals surface area (Å²) in [5.41, 5.74) is 8.54. The van der Waals surface area contributed by atoms with Gasteiger partial charge >= 0.3 is 0 Å². The lowest BCUT2D eigenvalue weighted by Gasteiger charge is -2.39. The molecule has 1 aromatic rings. The van der Waals surface area contributed by atoms with E-state index in [9.17, 15) is 0 Å². The molecule has 1 fully saturated rings. The van der Waals surface area contributed by atoms with Gasteiger partial charge in [0.15, 0.2) is 0 Å². The first-order chi connectivity index (χ1) is 10.1. The van der Waals surface area contributed by atoms with Crippen LogP contribution in [0.4, 0.5) is 0 Å². The normalized spacial score (nSPS) is 23.2. The summed E-state index contributed by atoms with van der Waals surface area (Å²) >= 11 is 0. The molecule has 21 heavy (non-hydrogen) atoms. The SMILES string of the molecule is Cc1ccc(OCCCN2CCCC(C)C2CN)cc1C. The summed E-state index contributed by atoms with van der Waals surface area (Å²) in [5, 5.41) is 0. The zero-order chi connectivity index (χ0) is 15.2. The van der Waals surface area contributed by atoms with Crippen molar-refractivity contribution in [3.8, 4) is 5.75 Å². The van der Waals surface area contributed by atoms with E-state index in [0.717, 1.165) is 37.8 Å². The van der Waals surface area contributed by atoms with E-state index in [1.165, 1.54) is 30.5 Å². The van der Waals surface area contributed by atoms with Gasteiger partial charge in [-0.2, -0.15) is 0 Å². The molecule has 3 heteroatoms.